The molecule has 22 heavy (non-hydrogen) atoms. The number of thioether (sulfide) groups is 1. The Bertz CT molecular complexity index is 643. The van der Waals surface area contributed by atoms with E-state index in [0.717, 1.165) is 10.6 Å². The van der Waals surface area contributed by atoms with Crippen molar-refractivity contribution >= 4 is 23.4 Å². The zero-order valence-electron chi connectivity index (χ0n) is 11.9. The van der Waals surface area contributed by atoms with Gasteiger partial charge in [-0.25, -0.2) is 0 Å². The number of nitrogens with zero attached hydrogens (tertiary/aromatic N) is 3. The largest absolute Gasteiger partial charge is 0.550 e. The lowest BCUT2D eigenvalue weighted by molar-refractivity contribution is -0.305. The predicted octanol–water partition coefficient (Wildman–Crippen LogP) is 0.499. The Hall–Kier alpha value is -2.22. The Kier molecular flexibility index (Phi) is 5.65. The zero-order chi connectivity index (χ0) is 15.9. The molecule has 0 aromatic heterocycles. The van der Waals surface area contributed by atoms with Crippen LogP contribution in [-0.2, 0) is 9.53 Å². The summed E-state index contributed by atoms with van der Waals surface area (Å²) < 4.78 is 5.32. The van der Waals surface area contributed by atoms with E-state index in [2.05, 4.69) is 4.90 Å². The number of anilines is 1. The van der Waals surface area contributed by atoms with Crippen molar-refractivity contribution in [3.05, 3.63) is 23.3 Å². The van der Waals surface area contributed by atoms with Gasteiger partial charge in [-0.2, -0.15) is 10.5 Å². The second kappa shape index (κ2) is 7.69. The molecule has 0 bridgehead atoms. The lowest BCUT2D eigenvalue weighted by Gasteiger charge is -2.30. The summed E-state index contributed by atoms with van der Waals surface area (Å²) in [6, 6.07) is 7.40. The van der Waals surface area contributed by atoms with E-state index in [1.54, 1.807) is 12.1 Å². The number of aliphatic carboxylic acids is 1. The van der Waals surface area contributed by atoms with E-state index in [4.69, 9.17) is 10.00 Å². The molecule has 0 amide bonds. The molecule has 0 spiro atoms. The van der Waals surface area contributed by atoms with Crippen LogP contribution >= 0.6 is 11.8 Å². The van der Waals surface area contributed by atoms with E-state index in [9.17, 15) is 15.2 Å². The average Bonchev–Trinajstić information content (AvgIpc) is 2.54. The van der Waals surface area contributed by atoms with Crippen molar-refractivity contribution in [3.8, 4) is 12.1 Å². The van der Waals surface area contributed by atoms with E-state index in [0.29, 0.717) is 43.2 Å². The highest BCUT2D eigenvalue weighted by Crippen LogP contribution is 2.33. The summed E-state index contributed by atoms with van der Waals surface area (Å²) in [5.41, 5.74) is 1.48. The van der Waals surface area contributed by atoms with Gasteiger partial charge in [0, 0.05) is 29.7 Å². The standard InChI is InChI=1S/C15H15N3O3S/c16-9-11-7-13(18-2-4-21-5-3-18)14(8-12(11)10-17)22-6-1-15(19)20/h7-8H,1-6H2,(H,19,20)/p-1. The number of carboxylic acid groups (broad SMARTS) is 1. The van der Waals surface area contributed by atoms with Crippen LogP contribution < -0.4 is 10.0 Å². The molecule has 1 saturated heterocycles. The minimum atomic E-state index is -1.10. The van der Waals surface area contributed by atoms with Crippen LogP contribution in [0.25, 0.3) is 0 Å². The normalized spacial score (nSPS) is 14.2. The fourth-order valence-corrected chi connectivity index (χ4v) is 3.19. The third-order valence-electron chi connectivity index (χ3n) is 3.26. The fraction of sp³-hybridized carbons (Fsp3) is 0.400. The molecule has 1 aromatic rings. The summed E-state index contributed by atoms with van der Waals surface area (Å²) >= 11 is 1.35. The predicted molar refractivity (Wildman–Crippen MR) is 79.3 cm³/mol. The molecule has 0 N–H and O–H groups in total. The molecule has 1 aliphatic heterocycles. The number of ether oxygens (including phenoxy) is 1. The van der Waals surface area contributed by atoms with Gasteiger partial charge in [-0.05, 0) is 18.6 Å². The lowest BCUT2D eigenvalue weighted by atomic mass is 10.1. The first-order valence-electron chi connectivity index (χ1n) is 6.79. The molecule has 0 atom stereocenters. The van der Waals surface area contributed by atoms with Gasteiger partial charge in [0.2, 0.25) is 0 Å². The van der Waals surface area contributed by atoms with Gasteiger partial charge in [0.1, 0.15) is 12.1 Å². The van der Waals surface area contributed by atoms with Gasteiger partial charge in [0.25, 0.3) is 0 Å². The highest BCUT2D eigenvalue weighted by molar-refractivity contribution is 7.99. The number of benzene rings is 1. The SMILES string of the molecule is N#Cc1cc(SCCC(=O)[O-])c(N2CCOCC2)cc1C#N. The van der Waals surface area contributed by atoms with Crippen LogP contribution in [0.15, 0.2) is 17.0 Å². The van der Waals surface area contributed by atoms with Crippen LogP contribution in [0.1, 0.15) is 17.5 Å². The van der Waals surface area contributed by atoms with Gasteiger partial charge in [0.05, 0.1) is 30.0 Å². The first kappa shape index (κ1) is 16.2. The van der Waals surface area contributed by atoms with Crippen molar-refractivity contribution in [2.24, 2.45) is 0 Å². The van der Waals surface area contributed by atoms with Gasteiger partial charge in [0.15, 0.2) is 0 Å². The smallest absolute Gasteiger partial charge is 0.101 e. The third kappa shape index (κ3) is 3.91. The molecule has 0 saturated carbocycles. The van der Waals surface area contributed by atoms with Gasteiger partial charge in [-0.1, -0.05) is 0 Å². The highest BCUT2D eigenvalue weighted by atomic mass is 32.2. The fourth-order valence-electron chi connectivity index (χ4n) is 2.16. The molecule has 1 aromatic carbocycles. The van der Waals surface area contributed by atoms with E-state index < -0.39 is 5.97 Å². The number of morpholine rings is 1. The molecular formula is C15H14N3O3S-. The van der Waals surface area contributed by atoms with E-state index >= 15 is 0 Å². The van der Waals surface area contributed by atoms with Crippen LogP contribution in [0.4, 0.5) is 5.69 Å². The Labute approximate surface area is 132 Å². The highest BCUT2D eigenvalue weighted by Gasteiger charge is 2.18. The maximum atomic E-state index is 10.6. The zero-order valence-corrected chi connectivity index (χ0v) is 12.7. The number of hydrogen-bond acceptors (Lipinski definition) is 7. The number of rotatable bonds is 5. The number of carbonyl (C=O) groups excluding carboxylic acids is 1. The lowest BCUT2D eigenvalue weighted by Crippen LogP contribution is -2.36. The van der Waals surface area contributed by atoms with Crippen LogP contribution in [-0.4, -0.2) is 38.0 Å². The number of nitriles is 2. The number of hydrogen-bond donors (Lipinski definition) is 0. The van der Waals surface area contributed by atoms with Crippen LogP contribution in [0.2, 0.25) is 0 Å². The molecule has 0 radical (unpaired) electrons. The molecule has 1 heterocycles. The van der Waals surface area contributed by atoms with Crippen molar-refractivity contribution < 1.29 is 14.6 Å². The molecule has 2 rings (SSSR count). The minimum Gasteiger partial charge on any atom is -0.550 e. The summed E-state index contributed by atoms with van der Waals surface area (Å²) in [5.74, 6) is -0.745. The van der Waals surface area contributed by atoms with Crippen LogP contribution in [0.3, 0.4) is 0 Å². The monoisotopic (exact) mass is 316 g/mol. The molecule has 7 heteroatoms. The van der Waals surface area contributed by atoms with Gasteiger partial charge in [-0.15, -0.1) is 11.8 Å². The molecular weight excluding hydrogens is 302 g/mol. The first-order valence-corrected chi connectivity index (χ1v) is 7.78. The van der Waals surface area contributed by atoms with Crippen LogP contribution in [0.5, 0.6) is 0 Å². The molecule has 6 nitrogen and oxygen atoms in total. The molecule has 0 aliphatic carbocycles. The number of carbonyl (C=O) groups is 1. The van der Waals surface area contributed by atoms with E-state index in [1.165, 1.54) is 11.8 Å². The van der Waals surface area contributed by atoms with Gasteiger partial charge in [-0.3, -0.25) is 0 Å². The summed E-state index contributed by atoms with van der Waals surface area (Å²) in [5, 5.41) is 28.9. The van der Waals surface area contributed by atoms with Crippen molar-refractivity contribution in [2.75, 3.05) is 37.0 Å². The molecule has 114 valence electrons. The summed E-state index contributed by atoms with van der Waals surface area (Å²) in [4.78, 5) is 13.4. The number of carboxylic acids is 1. The maximum Gasteiger partial charge on any atom is 0.101 e. The first-order chi connectivity index (χ1) is 10.7. The van der Waals surface area contributed by atoms with E-state index in [-0.39, 0.29) is 6.42 Å². The van der Waals surface area contributed by atoms with Crippen molar-refractivity contribution in [1.29, 1.82) is 10.5 Å². The summed E-state index contributed by atoms with van der Waals surface area (Å²) in [7, 11) is 0. The third-order valence-corrected chi connectivity index (χ3v) is 4.30. The van der Waals surface area contributed by atoms with Gasteiger partial charge >= 0.3 is 0 Å². The molecule has 1 aliphatic rings. The Morgan fingerprint density at radius 3 is 2.50 bits per heavy atom. The molecule has 1 fully saturated rings. The second-order valence-electron chi connectivity index (χ2n) is 4.66. The molecule has 0 unspecified atom stereocenters. The second-order valence-corrected chi connectivity index (χ2v) is 5.80. The van der Waals surface area contributed by atoms with E-state index in [1.807, 2.05) is 12.1 Å². The summed E-state index contributed by atoms with van der Waals surface area (Å²) in [6.45, 7) is 2.60. The Morgan fingerprint density at radius 1 is 1.27 bits per heavy atom. The topological polar surface area (TPSA) is 100 Å². The van der Waals surface area contributed by atoms with Gasteiger partial charge < -0.3 is 19.5 Å². The maximum absolute atomic E-state index is 10.6. The minimum absolute atomic E-state index is 0.0604. The van der Waals surface area contributed by atoms with Crippen molar-refractivity contribution in [1.82, 2.24) is 0 Å². The van der Waals surface area contributed by atoms with Crippen LogP contribution in [0, 0.1) is 22.7 Å². The van der Waals surface area contributed by atoms with Crippen molar-refractivity contribution in [3.63, 3.8) is 0 Å². The van der Waals surface area contributed by atoms with Crippen molar-refractivity contribution in [2.45, 2.75) is 11.3 Å². The summed E-state index contributed by atoms with van der Waals surface area (Å²) in [6.07, 6.45) is -0.0604. The average molecular weight is 316 g/mol. The Balaban J connectivity index is 2.32. The Morgan fingerprint density at radius 2 is 1.91 bits per heavy atom. The quantitative estimate of drug-likeness (QED) is 0.729.